The van der Waals surface area contributed by atoms with Crippen molar-refractivity contribution >= 4 is 41.3 Å². The third-order valence-electron chi connectivity index (χ3n) is 4.34. The van der Waals surface area contributed by atoms with Crippen LogP contribution in [0.3, 0.4) is 0 Å². The molecule has 2 N–H and O–H groups in total. The van der Waals surface area contributed by atoms with Crippen LogP contribution in [0, 0.1) is 0 Å². The maximum Gasteiger partial charge on any atom is 0.191 e. The Labute approximate surface area is 183 Å². The molecule has 0 unspecified atom stereocenters. The molecule has 0 fully saturated rings. The van der Waals surface area contributed by atoms with Gasteiger partial charge in [-0.15, -0.1) is 35.3 Å². The van der Waals surface area contributed by atoms with Gasteiger partial charge >= 0.3 is 0 Å². The summed E-state index contributed by atoms with van der Waals surface area (Å²) in [6, 6.07) is 6.51. The van der Waals surface area contributed by atoms with E-state index >= 15 is 0 Å². The van der Waals surface area contributed by atoms with E-state index in [1.807, 2.05) is 0 Å². The molecule has 0 saturated heterocycles. The Morgan fingerprint density at radius 3 is 2.93 bits per heavy atom. The third kappa shape index (κ3) is 6.64. The third-order valence-corrected chi connectivity index (χ3v) is 5.39. The number of halogens is 1. The number of aliphatic imine (C=N–C) groups is 1. The maximum absolute atomic E-state index is 5.57. The number of aryl methyl sites for hydroxylation is 1. The SMILES string of the molecule is CCNC(=NCCc1csc(CC)n1)NCCc1ccc2c(c1)CCO2.I. The number of hydrogen-bond donors (Lipinski definition) is 2. The van der Waals surface area contributed by atoms with Gasteiger partial charge in [0.15, 0.2) is 5.96 Å². The Morgan fingerprint density at radius 2 is 2.15 bits per heavy atom. The summed E-state index contributed by atoms with van der Waals surface area (Å²) < 4.78 is 5.57. The van der Waals surface area contributed by atoms with Crippen LogP contribution in [0.15, 0.2) is 28.6 Å². The number of nitrogens with one attached hydrogen (secondary N) is 2. The predicted molar refractivity (Wildman–Crippen MR) is 124 cm³/mol. The van der Waals surface area contributed by atoms with Crippen LogP contribution in [-0.4, -0.2) is 37.2 Å². The predicted octanol–water partition coefficient (Wildman–Crippen LogP) is 3.60. The Morgan fingerprint density at radius 1 is 1.26 bits per heavy atom. The number of rotatable bonds is 8. The lowest BCUT2D eigenvalue weighted by Gasteiger charge is -2.11. The van der Waals surface area contributed by atoms with Crippen LogP contribution in [0.5, 0.6) is 5.75 Å². The normalized spacial score (nSPS) is 12.9. The molecule has 5 nitrogen and oxygen atoms in total. The number of nitrogens with zero attached hydrogens (tertiary/aromatic N) is 2. The number of thiazole rings is 1. The smallest absolute Gasteiger partial charge is 0.191 e. The van der Waals surface area contributed by atoms with E-state index in [1.165, 1.54) is 16.1 Å². The van der Waals surface area contributed by atoms with E-state index in [2.05, 4.69) is 58.0 Å². The number of hydrogen-bond acceptors (Lipinski definition) is 4. The first-order valence-electron chi connectivity index (χ1n) is 9.48. The summed E-state index contributed by atoms with van der Waals surface area (Å²) in [7, 11) is 0. The van der Waals surface area contributed by atoms with Crippen molar-refractivity contribution in [2.75, 3.05) is 26.2 Å². The minimum absolute atomic E-state index is 0. The molecule has 2 aromatic rings. The summed E-state index contributed by atoms with van der Waals surface area (Å²) in [5.74, 6) is 1.92. The van der Waals surface area contributed by atoms with Crippen molar-refractivity contribution in [1.29, 1.82) is 0 Å². The number of fused-ring (bicyclic) bond motifs is 1. The van der Waals surface area contributed by atoms with Gasteiger partial charge in [-0.1, -0.05) is 19.1 Å². The molecular formula is C20H29IN4OS. The van der Waals surface area contributed by atoms with E-state index in [0.29, 0.717) is 0 Å². The van der Waals surface area contributed by atoms with E-state index in [1.54, 1.807) is 11.3 Å². The maximum atomic E-state index is 5.57. The van der Waals surface area contributed by atoms with Crippen molar-refractivity contribution in [3.8, 4) is 5.75 Å². The molecule has 1 aliphatic heterocycles. The highest BCUT2D eigenvalue weighted by molar-refractivity contribution is 14.0. The highest BCUT2D eigenvalue weighted by atomic mass is 127. The standard InChI is InChI=1S/C20H28N4OS.HI/c1-3-19-24-17(14-26-19)8-11-23-20(21-4-2)22-10-7-15-5-6-18-16(13-15)9-12-25-18;/h5-6,13-14H,3-4,7-12H2,1-2H3,(H2,21,22,23);1H. The average Bonchev–Trinajstić information content (AvgIpc) is 3.30. The Balaban J connectivity index is 0.00000261. The quantitative estimate of drug-likeness (QED) is 0.331. The van der Waals surface area contributed by atoms with Crippen molar-refractivity contribution in [3.05, 3.63) is 45.4 Å². The number of benzene rings is 1. The fraction of sp³-hybridized carbons (Fsp3) is 0.500. The molecule has 0 radical (unpaired) electrons. The molecule has 1 aliphatic rings. The molecule has 3 rings (SSSR count). The zero-order valence-corrected chi connectivity index (χ0v) is 19.2. The van der Waals surface area contributed by atoms with E-state index in [4.69, 9.17) is 4.74 Å². The summed E-state index contributed by atoms with van der Waals surface area (Å²) >= 11 is 1.74. The van der Waals surface area contributed by atoms with Gasteiger partial charge in [0.25, 0.3) is 0 Å². The minimum Gasteiger partial charge on any atom is -0.493 e. The molecule has 7 heteroatoms. The Bertz CT molecular complexity index is 747. The first-order valence-corrected chi connectivity index (χ1v) is 10.4. The zero-order valence-electron chi connectivity index (χ0n) is 16.1. The zero-order chi connectivity index (χ0) is 18.2. The Kier molecular flexibility index (Phi) is 9.33. The average molecular weight is 500 g/mol. The molecule has 0 atom stereocenters. The topological polar surface area (TPSA) is 58.5 Å². The van der Waals surface area contributed by atoms with Gasteiger partial charge < -0.3 is 15.4 Å². The summed E-state index contributed by atoms with van der Waals surface area (Å²) in [4.78, 5) is 9.27. The fourth-order valence-corrected chi connectivity index (χ4v) is 3.75. The second-order valence-corrected chi connectivity index (χ2v) is 7.26. The summed E-state index contributed by atoms with van der Waals surface area (Å²) in [5, 5.41) is 10.1. The molecule has 0 spiro atoms. The van der Waals surface area contributed by atoms with E-state index in [0.717, 1.165) is 69.3 Å². The van der Waals surface area contributed by atoms with Crippen molar-refractivity contribution in [3.63, 3.8) is 0 Å². The van der Waals surface area contributed by atoms with Gasteiger partial charge in [-0.2, -0.15) is 0 Å². The largest absolute Gasteiger partial charge is 0.493 e. The molecule has 0 aliphatic carbocycles. The number of aromatic nitrogens is 1. The highest BCUT2D eigenvalue weighted by Crippen LogP contribution is 2.25. The second kappa shape index (κ2) is 11.5. The first-order chi connectivity index (χ1) is 12.8. The minimum atomic E-state index is 0. The van der Waals surface area contributed by atoms with Gasteiger partial charge in [0.1, 0.15) is 5.75 Å². The van der Waals surface area contributed by atoms with Crippen LogP contribution in [-0.2, 0) is 25.7 Å². The molecule has 0 amide bonds. The molecule has 1 aromatic heterocycles. The lowest BCUT2D eigenvalue weighted by molar-refractivity contribution is 0.357. The molecule has 27 heavy (non-hydrogen) atoms. The highest BCUT2D eigenvalue weighted by Gasteiger charge is 2.11. The summed E-state index contributed by atoms with van der Waals surface area (Å²) in [6.07, 6.45) is 3.89. The van der Waals surface area contributed by atoms with Crippen LogP contribution in [0.4, 0.5) is 0 Å². The van der Waals surface area contributed by atoms with Gasteiger partial charge in [-0.3, -0.25) is 4.99 Å². The molecule has 148 valence electrons. The summed E-state index contributed by atoms with van der Waals surface area (Å²) in [6.45, 7) is 7.51. The number of ether oxygens (including phenoxy) is 1. The van der Waals surface area contributed by atoms with Crippen LogP contribution in [0.25, 0.3) is 0 Å². The van der Waals surface area contributed by atoms with Crippen LogP contribution >= 0.6 is 35.3 Å². The lowest BCUT2D eigenvalue weighted by atomic mass is 10.1. The Hall–Kier alpha value is -1.35. The van der Waals surface area contributed by atoms with Crippen LogP contribution in [0.2, 0.25) is 0 Å². The van der Waals surface area contributed by atoms with Gasteiger partial charge in [0.05, 0.1) is 17.3 Å². The van der Waals surface area contributed by atoms with Gasteiger partial charge in [0, 0.05) is 37.9 Å². The second-order valence-electron chi connectivity index (χ2n) is 6.31. The van der Waals surface area contributed by atoms with Crippen molar-refractivity contribution in [2.24, 2.45) is 4.99 Å². The molecule has 1 aromatic carbocycles. The molecular weight excluding hydrogens is 471 g/mol. The molecule has 0 bridgehead atoms. The van der Waals surface area contributed by atoms with E-state index in [-0.39, 0.29) is 24.0 Å². The summed E-state index contributed by atoms with van der Waals surface area (Å²) in [5.41, 5.74) is 3.82. The van der Waals surface area contributed by atoms with E-state index in [9.17, 15) is 0 Å². The van der Waals surface area contributed by atoms with Crippen molar-refractivity contribution in [1.82, 2.24) is 15.6 Å². The molecule has 2 heterocycles. The van der Waals surface area contributed by atoms with Gasteiger partial charge in [-0.25, -0.2) is 4.98 Å². The number of guanidine groups is 1. The van der Waals surface area contributed by atoms with Gasteiger partial charge in [0.2, 0.25) is 0 Å². The van der Waals surface area contributed by atoms with Crippen molar-refractivity contribution in [2.45, 2.75) is 39.5 Å². The first kappa shape index (κ1) is 21.9. The lowest BCUT2D eigenvalue weighted by Crippen LogP contribution is -2.38. The van der Waals surface area contributed by atoms with Crippen LogP contribution < -0.4 is 15.4 Å². The fourth-order valence-electron chi connectivity index (χ4n) is 2.97. The van der Waals surface area contributed by atoms with E-state index < -0.39 is 0 Å². The molecule has 0 saturated carbocycles. The van der Waals surface area contributed by atoms with Crippen molar-refractivity contribution < 1.29 is 4.74 Å². The van der Waals surface area contributed by atoms with Gasteiger partial charge in [-0.05, 0) is 37.0 Å². The van der Waals surface area contributed by atoms with Crippen LogP contribution in [0.1, 0.15) is 35.7 Å². The monoisotopic (exact) mass is 500 g/mol.